The van der Waals surface area contributed by atoms with E-state index in [1.54, 1.807) is 25.1 Å². The summed E-state index contributed by atoms with van der Waals surface area (Å²) >= 11 is 0. The van der Waals surface area contributed by atoms with E-state index in [1.807, 2.05) is 52.3 Å². The molecule has 0 atom stereocenters. The van der Waals surface area contributed by atoms with Gasteiger partial charge in [-0.3, -0.25) is 9.52 Å². The number of amides is 1. The van der Waals surface area contributed by atoms with Crippen LogP contribution in [-0.2, 0) is 15.6 Å². The Bertz CT molecular complexity index is 1340. The molecule has 2 aromatic heterocycles. The van der Waals surface area contributed by atoms with Crippen molar-refractivity contribution in [3.05, 3.63) is 41.2 Å². The number of pyridine rings is 1. The molecule has 184 valence electrons. The molecule has 0 saturated heterocycles. The van der Waals surface area contributed by atoms with E-state index in [2.05, 4.69) is 15.1 Å². The number of fused-ring (bicyclic) bond motifs is 1. The van der Waals surface area contributed by atoms with Crippen molar-refractivity contribution in [2.75, 3.05) is 22.9 Å². The van der Waals surface area contributed by atoms with Crippen LogP contribution in [0.1, 0.15) is 69.2 Å². The number of aromatic nitrogens is 3. The molecule has 2 heterocycles. The van der Waals surface area contributed by atoms with E-state index in [-0.39, 0.29) is 23.1 Å². The number of hydrogen-bond donors (Lipinski definition) is 2. The predicted molar refractivity (Wildman–Crippen MR) is 135 cm³/mol. The molecule has 0 unspecified atom stereocenters. The molecule has 1 aromatic carbocycles. The van der Waals surface area contributed by atoms with Gasteiger partial charge in [-0.25, -0.2) is 18.1 Å². The molecule has 0 saturated carbocycles. The van der Waals surface area contributed by atoms with Crippen LogP contribution in [0.15, 0.2) is 24.3 Å². The smallest absolute Gasteiger partial charge is 0.256 e. The van der Waals surface area contributed by atoms with Gasteiger partial charge in [0.05, 0.1) is 40.7 Å². The van der Waals surface area contributed by atoms with E-state index in [4.69, 9.17) is 9.72 Å². The zero-order valence-electron chi connectivity index (χ0n) is 21.0. The summed E-state index contributed by atoms with van der Waals surface area (Å²) in [6, 6.07) is 6.58. The summed E-state index contributed by atoms with van der Waals surface area (Å²) in [4.78, 5) is 18.3. The van der Waals surface area contributed by atoms with Crippen molar-refractivity contribution in [2.24, 2.45) is 0 Å². The monoisotopic (exact) mass is 487 g/mol. The molecule has 1 amide bonds. The Morgan fingerprint density at radius 2 is 1.88 bits per heavy atom. The summed E-state index contributed by atoms with van der Waals surface area (Å²) in [5.41, 5.74) is 3.14. The van der Waals surface area contributed by atoms with Crippen LogP contribution in [0.25, 0.3) is 11.0 Å². The maximum absolute atomic E-state index is 13.4. The van der Waals surface area contributed by atoms with Crippen molar-refractivity contribution in [2.45, 2.75) is 59.9 Å². The van der Waals surface area contributed by atoms with Crippen LogP contribution in [-0.4, -0.2) is 42.0 Å². The molecule has 0 aliphatic carbocycles. The largest absolute Gasteiger partial charge is 0.494 e. The van der Waals surface area contributed by atoms with Crippen molar-refractivity contribution in [3.63, 3.8) is 0 Å². The fourth-order valence-corrected chi connectivity index (χ4v) is 4.19. The molecule has 34 heavy (non-hydrogen) atoms. The summed E-state index contributed by atoms with van der Waals surface area (Å²) in [7, 11) is -2.03. The zero-order valence-corrected chi connectivity index (χ0v) is 21.8. The van der Waals surface area contributed by atoms with Gasteiger partial charge >= 0.3 is 0 Å². The van der Waals surface area contributed by atoms with Crippen LogP contribution < -0.4 is 14.8 Å². The quantitative estimate of drug-likeness (QED) is 0.502. The molecule has 0 radical (unpaired) electrons. The summed E-state index contributed by atoms with van der Waals surface area (Å²) < 4.78 is 33.6. The highest BCUT2D eigenvalue weighted by Crippen LogP contribution is 2.31. The molecule has 3 rings (SSSR count). The lowest BCUT2D eigenvalue weighted by molar-refractivity contribution is 0.102. The SMILES string of the molecule is CCS(=O)(=O)Nc1ccc(NC(=O)c2cc(C(C)C)nc3c2c(C)nn3C(C)(C)C)cc1OC. The number of nitrogens with one attached hydrogen (secondary N) is 2. The van der Waals surface area contributed by atoms with Gasteiger partial charge in [0.1, 0.15) is 5.75 Å². The second kappa shape index (κ2) is 9.25. The molecule has 0 spiro atoms. The lowest BCUT2D eigenvalue weighted by atomic mass is 10.0. The number of ether oxygens (including phenoxy) is 1. The molecule has 0 aliphatic heterocycles. The number of hydrogen-bond acceptors (Lipinski definition) is 6. The van der Waals surface area contributed by atoms with E-state index in [0.29, 0.717) is 33.7 Å². The Morgan fingerprint density at radius 3 is 2.44 bits per heavy atom. The summed E-state index contributed by atoms with van der Waals surface area (Å²) in [5, 5.41) is 8.30. The van der Waals surface area contributed by atoms with Crippen molar-refractivity contribution < 1.29 is 17.9 Å². The van der Waals surface area contributed by atoms with Gasteiger partial charge in [0, 0.05) is 17.4 Å². The van der Waals surface area contributed by atoms with Gasteiger partial charge in [-0.15, -0.1) is 0 Å². The molecule has 3 aromatic rings. The Balaban J connectivity index is 2.06. The minimum Gasteiger partial charge on any atom is -0.494 e. The number of methoxy groups -OCH3 is 1. The predicted octanol–water partition coefficient (Wildman–Crippen LogP) is 4.64. The van der Waals surface area contributed by atoms with Crippen molar-refractivity contribution in [1.82, 2.24) is 14.8 Å². The first kappa shape index (κ1) is 25.5. The average Bonchev–Trinajstić information content (AvgIpc) is 3.11. The highest BCUT2D eigenvalue weighted by Gasteiger charge is 2.25. The van der Waals surface area contributed by atoms with Crippen LogP contribution >= 0.6 is 0 Å². The highest BCUT2D eigenvalue weighted by atomic mass is 32.2. The number of aryl methyl sites for hydroxylation is 1. The van der Waals surface area contributed by atoms with Crippen LogP contribution in [0.4, 0.5) is 11.4 Å². The van der Waals surface area contributed by atoms with Crippen LogP contribution in [0, 0.1) is 6.92 Å². The molecular formula is C24H33N5O4S. The zero-order chi connectivity index (χ0) is 25.4. The van der Waals surface area contributed by atoms with Crippen LogP contribution in [0.5, 0.6) is 5.75 Å². The topological polar surface area (TPSA) is 115 Å². The van der Waals surface area contributed by atoms with Gasteiger partial charge in [-0.05, 0) is 58.7 Å². The van der Waals surface area contributed by atoms with Gasteiger partial charge in [0.15, 0.2) is 5.65 Å². The average molecular weight is 488 g/mol. The second-order valence-corrected chi connectivity index (χ2v) is 11.5. The highest BCUT2D eigenvalue weighted by molar-refractivity contribution is 7.92. The Hall–Kier alpha value is -3.14. The lowest BCUT2D eigenvalue weighted by Crippen LogP contribution is -2.24. The van der Waals surface area contributed by atoms with Gasteiger partial charge in [-0.1, -0.05) is 13.8 Å². The summed E-state index contributed by atoms with van der Waals surface area (Å²) in [6.45, 7) is 13.6. The van der Waals surface area contributed by atoms with E-state index in [9.17, 15) is 13.2 Å². The Kier molecular flexibility index (Phi) is 6.93. The standard InChI is InChI=1S/C24H33N5O4S/c1-9-34(31,32)28-18-11-10-16(12-20(18)33-8)25-23(30)17-13-19(14(2)3)26-22-21(17)15(4)27-29(22)24(5,6)7/h10-14,28H,9H2,1-8H3,(H,25,30). The maximum Gasteiger partial charge on any atom is 0.256 e. The molecule has 10 heteroatoms. The van der Waals surface area contributed by atoms with Gasteiger partial charge < -0.3 is 10.1 Å². The fourth-order valence-electron chi connectivity index (χ4n) is 3.54. The molecule has 9 nitrogen and oxygen atoms in total. The fraction of sp³-hybridized carbons (Fsp3) is 0.458. The Labute approximate surface area is 201 Å². The van der Waals surface area contributed by atoms with Crippen molar-refractivity contribution in [3.8, 4) is 5.75 Å². The second-order valence-electron chi connectivity index (χ2n) is 9.49. The first-order valence-corrected chi connectivity index (χ1v) is 12.8. The number of benzene rings is 1. The summed E-state index contributed by atoms with van der Waals surface area (Å²) in [6.07, 6.45) is 0. The minimum atomic E-state index is -3.47. The third-order valence-corrected chi connectivity index (χ3v) is 6.70. The molecule has 0 fully saturated rings. The number of carbonyl (C=O) groups is 1. The first-order chi connectivity index (χ1) is 15.8. The van der Waals surface area contributed by atoms with E-state index >= 15 is 0 Å². The lowest BCUT2D eigenvalue weighted by Gasteiger charge is -2.20. The van der Waals surface area contributed by atoms with Gasteiger partial charge in [0.25, 0.3) is 5.91 Å². The molecular weight excluding hydrogens is 454 g/mol. The van der Waals surface area contributed by atoms with Crippen LogP contribution in [0.3, 0.4) is 0 Å². The number of rotatable bonds is 7. The summed E-state index contributed by atoms with van der Waals surface area (Å²) in [5.74, 6) is 0.0431. The molecule has 0 bridgehead atoms. The third-order valence-electron chi connectivity index (χ3n) is 5.41. The van der Waals surface area contributed by atoms with Crippen LogP contribution in [0.2, 0.25) is 0 Å². The van der Waals surface area contributed by atoms with E-state index in [1.165, 1.54) is 7.11 Å². The van der Waals surface area contributed by atoms with Gasteiger partial charge in [0.2, 0.25) is 10.0 Å². The van der Waals surface area contributed by atoms with E-state index < -0.39 is 10.0 Å². The molecule has 0 aliphatic rings. The third kappa shape index (κ3) is 5.16. The molecule has 2 N–H and O–H groups in total. The normalized spacial score (nSPS) is 12.3. The Morgan fingerprint density at radius 1 is 1.21 bits per heavy atom. The minimum absolute atomic E-state index is 0.0630. The van der Waals surface area contributed by atoms with E-state index in [0.717, 1.165) is 11.4 Å². The van der Waals surface area contributed by atoms with Crippen molar-refractivity contribution >= 4 is 38.3 Å². The van der Waals surface area contributed by atoms with Crippen molar-refractivity contribution in [1.29, 1.82) is 0 Å². The number of sulfonamides is 1. The number of anilines is 2. The van der Waals surface area contributed by atoms with Gasteiger partial charge in [-0.2, -0.15) is 5.10 Å². The number of carbonyl (C=O) groups excluding carboxylic acids is 1. The number of nitrogens with zero attached hydrogens (tertiary/aromatic N) is 3. The maximum atomic E-state index is 13.4. The first-order valence-electron chi connectivity index (χ1n) is 11.2.